The van der Waals surface area contributed by atoms with Crippen LogP contribution in [0.5, 0.6) is 0 Å². The lowest BCUT2D eigenvalue weighted by atomic mass is 9.84. The zero-order valence-electron chi connectivity index (χ0n) is 19.4. The van der Waals surface area contributed by atoms with Crippen molar-refractivity contribution in [3.8, 4) is 0 Å². The molecule has 0 radical (unpaired) electrons. The predicted molar refractivity (Wildman–Crippen MR) is 129 cm³/mol. The summed E-state index contributed by atoms with van der Waals surface area (Å²) in [5.74, 6) is -0.0725. The minimum atomic E-state index is -0.541. The van der Waals surface area contributed by atoms with Crippen LogP contribution in [0, 0.1) is 18.7 Å². The highest BCUT2D eigenvalue weighted by atomic mass is 19.1. The second-order valence-electron chi connectivity index (χ2n) is 9.44. The van der Waals surface area contributed by atoms with Gasteiger partial charge in [-0.3, -0.25) is 9.59 Å². The number of anilines is 1. The molecule has 2 N–H and O–H groups in total. The molecule has 2 aliphatic rings. The summed E-state index contributed by atoms with van der Waals surface area (Å²) in [4.78, 5) is 28.2. The van der Waals surface area contributed by atoms with Crippen LogP contribution >= 0.6 is 0 Å². The van der Waals surface area contributed by atoms with Crippen molar-refractivity contribution in [1.82, 2.24) is 10.6 Å². The molecular formula is C27H34FN3O2. The second kappa shape index (κ2) is 10.8. The molecule has 1 heterocycles. The molecule has 176 valence electrons. The van der Waals surface area contributed by atoms with Gasteiger partial charge < -0.3 is 15.5 Å². The van der Waals surface area contributed by atoms with E-state index in [0.717, 1.165) is 42.6 Å². The Labute approximate surface area is 195 Å². The Balaban J connectivity index is 1.36. The number of benzene rings is 2. The van der Waals surface area contributed by atoms with Gasteiger partial charge in [-0.15, -0.1) is 0 Å². The first-order valence-corrected chi connectivity index (χ1v) is 12.2. The number of hydrogen-bond acceptors (Lipinski definition) is 3. The van der Waals surface area contributed by atoms with Gasteiger partial charge >= 0.3 is 0 Å². The number of nitrogens with one attached hydrogen (secondary N) is 2. The van der Waals surface area contributed by atoms with Gasteiger partial charge in [0.25, 0.3) is 5.91 Å². The number of amides is 2. The van der Waals surface area contributed by atoms with Gasteiger partial charge in [0.2, 0.25) is 5.91 Å². The van der Waals surface area contributed by atoms with Crippen LogP contribution in [0.3, 0.4) is 0 Å². The van der Waals surface area contributed by atoms with Gasteiger partial charge in [-0.2, -0.15) is 0 Å². The van der Waals surface area contributed by atoms with E-state index in [9.17, 15) is 14.0 Å². The smallest absolute Gasteiger partial charge is 0.251 e. The van der Waals surface area contributed by atoms with Gasteiger partial charge in [0.15, 0.2) is 0 Å². The number of rotatable bonds is 8. The summed E-state index contributed by atoms with van der Waals surface area (Å²) in [5, 5.41) is 6.04. The van der Waals surface area contributed by atoms with Crippen molar-refractivity contribution in [2.24, 2.45) is 5.92 Å². The van der Waals surface area contributed by atoms with Crippen LogP contribution in [0.4, 0.5) is 10.1 Å². The van der Waals surface area contributed by atoms with Crippen LogP contribution in [-0.2, 0) is 11.2 Å². The van der Waals surface area contributed by atoms with Crippen molar-refractivity contribution in [1.29, 1.82) is 0 Å². The SMILES string of the molecule is Cc1cccc(C(=O)N[C@@H](CC2CCCCC2)C(=O)NCCN2CCc3cc(F)ccc32)c1. The zero-order valence-corrected chi connectivity index (χ0v) is 19.4. The lowest BCUT2D eigenvalue weighted by Gasteiger charge is -2.27. The van der Waals surface area contributed by atoms with Gasteiger partial charge in [0.1, 0.15) is 11.9 Å². The Kier molecular flexibility index (Phi) is 7.63. The minimum absolute atomic E-state index is 0.125. The molecule has 0 aromatic heterocycles. The van der Waals surface area contributed by atoms with E-state index >= 15 is 0 Å². The average Bonchev–Trinajstić information content (AvgIpc) is 3.21. The third-order valence-electron chi connectivity index (χ3n) is 6.91. The highest BCUT2D eigenvalue weighted by Crippen LogP contribution is 2.29. The topological polar surface area (TPSA) is 61.4 Å². The van der Waals surface area contributed by atoms with Crippen LogP contribution in [0.2, 0.25) is 0 Å². The molecule has 2 aromatic rings. The molecule has 33 heavy (non-hydrogen) atoms. The molecule has 5 nitrogen and oxygen atoms in total. The van der Waals surface area contributed by atoms with Crippen LogP contribution < -0.4 is 15.5 Å². The molecule has 0 spiro atoms. The third kappa shape index (κ3) is 6.12. The highest BCUT2D eigenvalue weighted by Gasteiger charge is 2.27. The standard InChI is InChI=1S/C27H34FN3O2/c1-19-6-5-9-22(16-19)26(32)30-24(17-20-7-3-2-4-8-20)27(33)29-13-15-31-14-12-21-18-23(28)10-11-25(21)31/h5-6,9-11,16,18,20,24H,2-4,7-8,12-15,17H2,1H3,(H,29,33)(H,30,32)/t24-/m0/s1. The van der Waals surface area contributed by atoms with Crippen molar-refractivity contribution in [2.75, 3.05) is 24.5 Å². The zero-order chi connectivity index (χ0) is 23.2. The van der Waals surface area contributed by atoms with E-state index in [-0.39, 0.29) is 17.6 Å². The molecular weight excluding hydrogens is 417 g/mol. The number of fused-ring (bicyclic) bond motifs is 1. The summed E-state index contributed by atoms with van der Waals surface area (Å²) in [7, 11) is 0. The minimum Gasteiger partial charge on any atom is -0.369 e. The molecule has 0 saturated heterocycles. The van der Waals surface area contributed by atoms with Crippen LogP contribution in [0.25, 0.3) is 0 Å². The number of aryl methyl sites for hydroxylation is 1. The van der Waals surface area contributed by atoms with E-state index in [4.69, 9.17) is 0 Å². The monoisotopic (exact) mass is 451 g/mol. The van der Waals surface area contributed by atoms with Gasteiger partial charge in [0, 0.05) is 30.9 Å². The Hall–Kier alpha value is -2.89. The molecule has 4 rings (SSSR count). The molecule has 1 fully saturated rings. The molecule has 1 atom stereocenters. The fraction of sp³-hybridized carbons (Fsp3) is 0.481. The van der Waals surface area contributed by atoms with Crippen molar-refractivity contribution < 1.29 is 14.0 Å². The summed E-state index contributed by atoms with van der Waals surface area (Å²) < 4.78 is 13.5. The number of carbonyl (C=O) groups is 2. The van der Waals surface area contributed by atoms with Gasteiger partial charge in [-0.1, -0.05) is 49.8 Å². The summed E-state index contributed by atoms with van der Waals surface area (Å²) >= 11 is 0. The fourth-order valence-electron chi connectivity index (χ4n) is 5.12. The summed E-state index contributed by atoms with van der Waals surface area (Å²) in [6.07, 6.45) is 7.37. The first-order valence-electron chi connectivity index (χ1n) is 12.2. The molecule has 2 amide bonds. The summed E-state index contributed by atoms with van der Waals surface area (Å²) in [6.45, 7) is 3.92. The largest absolute Gasteiger partial charge is 0.369 e. The lowest BCUT2D eigenvalue weighted by molar-refractivity contribution is -0.123. The van der Waals surface area contributed by atoms with Crippen molar-refractivity contribution in [3.05, 3.63) is 65.0 Å². The lowest BCUT2D eigenvalue weighted by Crippen LogP contribution is -2.49. The van der Waals surface area contributed by atoms with Gasteiger partial charge in [-0.25, -0.2) is 4.39 Å². The Morgan fingerprint density at radius 1 is 1.12 bits per heavy atom. The number of halogens is 1. The Morgan fingerprint density at radius 3 is 2.73 bits per heavy atom. The van der Waals surface area contributed by atoms with E-state index < -0.39 is 6.04 Å². The van der Waals surface area contributed by atoms with E-state index in [0.29, 0.717) is 31.0 Å². The fourth-order valence-corrected chi connectivity index (χ4v) is 5.12. The number of hydrogen-bond donors (Lipinski definition) is 2. The third-order valence-corrected chi connectivity index (χ3v) is 6.91. The quantitative estimate of drug-likeness (QED) is 0.626. The molecule has 6 heteroatoms. The first kappa shape index (κ1) is 23.3. The maximum absolute atomic E-state index is 13.5. The first-order chi connectivity index (χ1) is 16.0. The van der Waals surface area contributed by atoms with Crippen molar-refractivity contribution in [2.45, 2.75) is 57.9 Å². The average molecular weight is 452 g/mol. The Morgan fingerprint density at radius 2 is 1.94 bits per heavy atom. The van der Waals surface area contributed by atoms with Crippen LogP contribution in [-0.4, -0.2) is 37.5 Å². The Bertz CT molecular complexity index is 987. The number of nitrogens with zero attached hydrogens (tertiary/aromatic N) is 1. The molecule has 2 aromatic carbocycles. The second-order valence-corrected chi connectivity index (χ2v) is 9.44. The van der Waals surface area contributed by atoms with E-state index in [1.165, 1.54) is 25.3 Å². The summed E-state index contributed by atoms with van der Waals surface area (Å²) in [6, 6.07) is 11.8. The van der Waals surface area contributed by atoms with Crippen LogP contribution in [0.1, 0.15) is 60.0 Å². The van der Waals surface area contributed by atoms with E-state index in [1.54, 1.807) is 12.1 Å². The van der Waals surface area contributed by atoms with Crippen molar-refractivity contribution >= 4 is 17.5 Å². The van der Waals surface area contributed by atoms with Gasteiger partial charge in [-0.05, 0) is 61.6 Å². The molecule has 0 unspecified atom stereocenters. The summed E-state index contributed by atoms with van der Waals surface area (Å²) in [5.41, 5.74) is 3.65. The molecule has 1 aliphatic carbocycles. The molecule has 0 bridgehead atoms. The van der Waals surface area contributed by atoms with Crippen LogP contribution in [0.15, 0.2) is 42.5 Å². The molecule has 1 aliphatic heterocycles. The maximum Gasteiger partial charge on any atom is 0.251 e. The van der Waals surface area contributed by atoms with E-state index in [2.05, 4.69) is 15.5 Å². The maximum atomic E-state index is 13.5. The number of carbonyl (C=O) groups excluding carboxylic acids is 2. The van der Waals surface area contributed by atoms with Crippen molar-refractivity contribution in [3.63, 3.8) is 0 Å². The normalized spacial score (nSPS) is 16.8. The predicted octanol–water partition coefficient (Wildman–Crippen LogP) is 4.38. The highest BCUT2D eigenvalue weighted by molar-refractivity contribution is 5.97. The molecule has 1 saturated carbocycles. The van der Waals surface area contributed by atoms with Gasteiger partial charge in [0.05, 0.1) is 0 Å². The van der Waals surface area contributed by atoms with E-state index in [1.807, 2.05) is 31.2 Å².